The van der Waals surface area contributed by atoms with Crippen LogP contribution in [0.15, 0.2) is 48.5 Å². The number of hydrogen-bond acceptors (Lipinski definition) is 3. The van der Waals surface area contributed by atoms with E-state index >= 15 is 0 Å². The van der Waals surface area contributed by atoms with Crippen LogP contribution in [0.2, 0.25) is 0 Å². The Morgan fingerprint density at radius 2 is 1.84 bits per heavy atom. The maximum atomic E-state index is 12.0. The number of fused-ring (bicyclic) bond motifs is 1. The number of para-hydroxylation sites is 2. The maximum absolute atomic E-state index is 12.0. The van der Waals surface area contributed by atoms with Crippen molar-refractivity contribution >= 4 is 16.8 Å². The molecule has 0 N–H and O–H groups in total. The molecule has 0 spiro atoms. The SMILES string of the molecule is CCC(=O)c1ccccc1-n1nnc2ccccc21. The van der Waals surface area contributed by atoms with E-state index in [4.69, 9.17) is 0 Å². The molecule has 94 valence electrons. The lowest BCUT2D eigenvalue weighted by atomic mass is 10.1. The van der Waals surface area contributed by atoms with Gasteiger partial charge in [-0.05, 0) is 24.3 Å². The van der Waals surface area contributed by atoms with Crippen LogP contribution in [0.25, 0.3) is 16.7 Å². The van der Waals surface area contributed by atoms with E-state index in [1.54, 1.807) is 4.68 Å². The highest BCUT2D eigenvalue weighted by molar-refractivity contribution is 5.99. The lowest BCUT2D eigenvalue weighted by Gasteiger charge is -2.07. The predicted molar refractivity (Wildman–Crippen MR) is 73.5 cm³/mol. The molecule has 2 aromatic carbocycles. The highest BCUT2D eigenvalue weighted by atomic mass is 16.1. The topological polar surface area (TPSA) is 47.8 Å². The minimum Gasteiger partial charge on any atom is -0.294 e. The van der Waals surface area contributed by atoms with E-state index in [1.165, 1.54) is 0 Å². The van der Waals surface area contributed by atoms with Crippen molar-refractivity contribution in [2.75, 3.05) is 0 Å². The number of carbonyl (C=O) groups excluding carboxylic acids is 1. The highest BCUT2D eigenvalue weighted by Crippen LogP contribution is 2.20. The van der Waals surface area contributed by atoms with Crippen LogP contribution >= 0.6 is 0 Å². The fourth-order valence-corrected chi connectivity index (χ4v) is 2.13. The average Bonchev–Trinajstić information content (AvgIpc) is 2.90. The van der Waals surface area contributed by atoms with Gasteiger partial charge >= 0.3 is 0 Å². The van der Waals surface area contributed by atoms with Crippen LogP contribution in [0.4, 0.5) is 0 Å². The molecule has 1 aromatic heterocycles. The van der Waals surface area contributed by atoms with Gasteiger partial charge < -0.3 is 0 Å². The number of carbonyl (C=O) groups is 1. The molecule has 0 saturated carbocycles. The van der Waals surface area contributed by atoms with E-state index < -0.39 is 0 Å². The van der Waals surface area contributed by atoms with Crippen LogP contribution in [0, 0.1) is 0 Å². The summed E-state index contributed by atoms with van der Waals surface area (Å²) < 4.78 is 1.72. The Labute approximate surface area is 110 Å². The molecule has 0 aliphatic heterocycles. The third-order valence-electron chi connectivity index (χ3n) is 3.11. The zero-order chi connectivity index (χ0) is 13.2. The standard InChI is InChI=1S/C15H13N3O/c1-2-15(19)11-7-3-5-9-13(11)18-14-10-6-4-8-12(14)16-17-18/h3-10H,2H2,1H3. The van der Waals surface area contributed by atoms with Crippen molar-refractivity contribution in [2.24, 2.45) is 0 Å². The van der Waals surface area contributed by atoms with Crippen LogP contribution in [-0.2, 0) is 0 Å². The second-order valence-electron chi connectivity index (χ2n) is 4.28. The van der Waals surface area contributed by atoms with Crippen LogP contribution in [0.5, 0.6) is 0 Å². The van der Waals surface area contributed by atoms with Crippen molar-refractivity contribution < 1.29 is 4.79 Å². The normalized spacial score (nSPS) is 10.8. The first kappa shape index (κ1) is 11.6. The molecule has 3 aromatic rings. The number of ketones is 1. The summed E-state index contributed by atoms with van der Waals surface area (Å²) in [4.78, 5) is 12.0. The summed E-state index contributed by atoms with van der Waals surface area (Å²) in [5.74, 6) is 0.107. The molecule has 4 heteroatoms. The maximum Gasteiger partial charge on any atom is 0.164 e. The van der Waals surface area contributed by atoms with Crippen molar-refractivity contribution in [2.45, 2.75) is 13.3 Å². The molecule has 0 unspecified atom stereocenters. The summed E-state index contributed by atoms with van der Waals surface area (Å²) in [6, 6.07) is 15.2. The van der Waals surface area contributed by atoms with Gasteiger partial charge in [0.25, 0.3) is 0 Å². The van der Waals surface area contributed by atoms with Gasteiger partial charge in [0.05, 0.1) is 11.2 Å². The number of benzene rings is 2. The number of hydrogen-bond donors (Lipinski definition) is 0. The summed E-state index contributed by atoms with van der Waals surface area (Å²) in [5.41, 5.74) is 3.18. The van der Waals surface area contributed by atoms with Crippen LogP contribution in [-0.4, -0.2) is 20.8 Å². The Balaban J connectivity index is 2.25. The molecule has 0 bridgehead atoms. The fraction of sp³-hybridized carbons (Fsp3) is 0.133. The first-order chi connectivity index (χ1) is 9.31. The predicted octanol–water partition coefficient (Wildman–Crippen LogP) is 3.01. The van der Waals surface area contributed by atoms with E-state index in [2.05, 4.69) is 10.3 Å². The molecule has 0 amide bonds. The van der Waals surface area contributed by atoms with Crippen LogP contribution < -0.4 is 0 Å². The molecule has 3 rings (SSSR count). The molecule has 0 aliphatic carbocycles. The molecule has 0 saturated heterocycles. The molecular weight excluding hydrogens is 238 g/mol. The molecule has 0 fully saturated rings. The van der Waals surface area contributed by atoms with Gasteiger partial charge in [0, 0.05) is 12.0 Å². The van der Waals surface area contributed by atoms with Gasteiger partial charge in [0.2, 0.25) is 0 Å². The van der Waals surface area contributed by atoms with Gasteiger partial charge in [-0.3, -0.25) is 4.79 Å². The zero-order valence-electron chi connectivity index (χ0n) is 10.6. The number of aromatic nitrogens is 3. The molecule has 4 nitrogen and oxygen atoms in total. The molecule has 1 heterocycles. The Kier molecular flexibility index (Phi) is 2.83. The van der Waals surface area contributed by atoms with Crippen molar-refractivity contribution in [1.29, 1.82) is 0 Å². The van der Waals surface area contributed by atoms with E-state index in [-0.39, 0.29) is 5.78 Å². The average molecular weight is 251 g/mol. The van der Waals surface area contributed by atoms with Crippen LogP contribution in [0.3, 0.4) is 0 Å². The minimum atomic E-state index is 0.107. The summed E-state index contributed by atoms with van der Waals surface area (Å²) in [6.45, 7) is 1.86. The largest absolute Gasteiger partial charge is 0.294 e. The Hall–Kier alpha value is -2.49. The lowest BCUT2D eigenvalue weighted by Crippen LogP contribution is -2.06. The van der Waals surface area contributed by atoms with Crippen molar-refractivity contribution in [1.82, 2.24) is 15.0 Å². The summed E-state index contributed by atoms with van der Waals surface area (Å²) in [7, 11) is 0. The first-order valence-corrected chi connectivity index (χ1v) is 6.24. The van der Waals surface area contributed by atoms with Gasteiger partial charge in [-0.25, -0.2) is 4.68 Å². The Morgan fingerprint density at radius 3 is 2.68 bits per heavy atom. The summed E-state index contributed by atoms with van der Waals surface area (Å²) in [6.07, 6.45) is 0.476. The molecular formula is C15H13N3O. The fourth-order valence-electron chi connectivity index (χ4n) is 2.13. The number of nitrogens with zero attached hydrogens (tertiary/aromatic N) is 3. The first-order valence-electron chi connectivity index (χ1n) is 6.24. The third-order valence-corrected chi connectivity index (χ3v) is 3.11. The number of Topliss-reactive ketones (excluding diaryl/α,β-unsaturated/α-hetero) is 1. The molecule has 0 radical (unpaired) electrons. The van der Waals surface area contributed by atoms with Gasteiger partial charge in [0.1, 0.15) is 5.52 Å². The lowest BCUT2D eigenvalue weighted by molar-refractivity contribution is 0.0988. The summed E-state index contributed by atoms with van der Waals surface area (Å²) >= 11 is 0. The number of rotatable bonds is 3. The highest BCUT2D eigenvalue weighted by Gasteiger charge is 2.13. The summed E-state index contributed by atoms with van der Waals surface area (Å²) in [5, 5.41) is 8.28. The monoisotopic (exact) mass is 251 g/mol. The molecule has 19 heavy (non-hydrogen) atoms. The van der Waals surface area contributed by atoms with Gasteiger partial charge in [-0.2, -0.15) is 0 Å². The van der Waals surface area contributed by atoms with E-state index in [1.807, 2.05) is 55.5 Å². The third kappa shape index (κ3) is 1.91. The Morgan fingerprint density at radius 1 is 1.11 bits per heavy atom. The zero-order valence-corrected chi connectivity index (χ0v) is 10.6. The molecule has 0 atom stereocenters. The van der Waals surface area contributed by atoms with Gasteiger partial charge in [-0.15, -0.1) is 5.10 Å². The molecule has 0 aliphatic rings. The van der Waals surface area contributed by atoms with Crippen LogP contribution in [0.1, 0.15) is 23.7 Å². The van der Waals surface area contributed by atoms with E-state index in [9.17, 15) is 4.79 Å². The quantitative estimate of drug-likeness (QED) is 0.672. The van der Waals surface area contributed by atoms with E-state index in [0.717, 1.165) is 16.7 Å². The van der Waals surface area contributed by atoms with Crippen molar-refractivity contribution in [3.8, 4) is 5.69 Å². The van der Waals surface area contributed by atoms with Crippen molar-refractivity contribution in [3.63, 3.8) is 0 Å². The second-order valence-corrected chi connectivity index (χ2v) is 4.28. The second kappa shape index (κ2) is 4.65. The van der Waals surface area contributed by atoms with Gasteiger partial charge in [0.15, 0.2) is 5.78 Å². The van der Waals surface area contributed by atoms with E-state index in [0.29, 0.717) is 12.0 Å². The Bertz CT molecular complexity index is 746. The van der Waals surface area contributed by atoms with Crippen molar-refractivity contribution in [3.05, 3.63) is 54.1 Å². The minimum absolute atomic E-state index is 0.107. The smallest absolute Gasteiger partial charge is 0.164 e. The van der Waals surface area contributed by atoms with Gasteiger partial charge in [-0.1, -0.05) is 36.4 Å².